The zero-order valence-corrected chi connectivity index (χ0v) is 11.4. The maximum Gasteiger partial charge on any atom is 0.144 e. The van der Waals surface area contributed by atoms with E-state index in [2.05, 4.69) is 17.1 Å². The summed E-state index contributed by atoms with van der Waals surface area (Å²) in [6.45, 7) is 0. The van der Waals surface area contributed by atoms with Crippen LogP contribution in [0.4, 0.5) is 5.82 Å². The second-order valence-electron chi connectivity index (χ2n) is 5.33. The van der Waals surface area contributed by atoms with Gasteiger partial charge in [-0.2, -0.15) is 0 Å². The van der Waals surface area contributed by atoms with Crippen molar-refractivity contribution in [3.05, 3.63) is 59.3 Å². The van der Waals surface area contributed by atoms with E-state index in [9.17, 15) is 4.79 Å². The molecule has 3 nitrogen and oxygen atoms in total. The molecule has 1 heterocycles. The molecule has 0 saturated carbocycles. The second-order valence-corrected chi connectivity index (χ2v) is 5.33. The van der Waals surface area contributed by atoms with Crippen molar-refractivity contribution in [1.82, 2.24) is 4.98 Å². The van der Waals surface area contributed by atoms with Gasteiger partial charge in [0.05, 0.1) is 0 Å². The number of nitrogen functional groups attached to an aromatic ring is 1. The summed E-state index contributed by atoms with van der Waals surface area (Å²) < 4.78 is 0. The van der Waals surface area contributed by atoms with Crippen LogP contribution >= 0.6 is 0 Å². The number of benzene rings is 1. The Kier molecular flexibility index (Phi) is 3.50. The van der Waals surface area contributed by atoms with Crippen LogP contribution in [0.3, 0.4) is 0 Å². The zero-order valence-electron chi connectivity index (χ0n) is 11.4. The van der Waals surface area contributed by atoms with Crippen LogP contribution in [0.25, 0.3) is 0 Å². The van der Waals surface area contributed by atoms with Crippen molar-refractivity contribution in [2.75, 3.05) is 5.73 Å². The lowest BCUT2D eigenvalue weighted by atomic mass is 9.79. The van der Waals surface area contributed by atoms with E-state index in [0.717, 1.165) is 24.8 Å². The van der Waals surface area contributed by atoms with Gasteiger partial charge < -0.3 is 5.73 Å². The number of fused-ring (bicyclic) bond motifs is 1. The summed E-state index contributed by atoms with van der Waals surface area (Å²) in [6.07, 6.45) is 5.12. The Bertz CT molecular complexity index is 636. The molecule has 2 aromatic rings. The molecular formula is C17H18N2O. The molecule has 102 valence electrons. The maximum atomic E-state index is 12.6. The second kappa shape index (κ2) is 5.45. The van der Waals surface area contributed by atoms with Crippen molar-refractivity contribution in [1.29, 1.82) is 0 Å². The molecule has 2 N–H and O–H groups in total. The molecule has 0 spiro atoms. The van der Waals surface area contributed by atoms with Gasteiger partial charge in [-0.25, -0.2) is 4.98 Å². The third kappa shape index (κ3) is 2.44. The quantitative estimate of drug-likeness (QED) is 0.929. The number of aryl methyl sites for hydroxylation is 1. The summed E-state index contributed by atoms with van der Waals surface area (Å²) in [5.41, 5.74) is 9.18. The normalized spacial score (nSPS) is 17.5. The van der Waals surface area contributed by atoms with Crippen LogP contribution in [0.1, 0.15) is 35.4 Å². The molecule has 0 amide bonds. The largest absolute Gasteiger partial charge is 0.383 e. The van der Waals surface area contributed by atoms with Gasteiger partial charge in [-0.3, -0.25) is 4.79 Å². The number of nitrogens with zero attached hydrogens (tertiary/aromatic N) is 1. The summed E-state index contributed by atoms with van der Waals surface area (Å²) in [4.78, 5) is 16.6. The fraction of sp³-hybridized carbons (Fsp3) is 0.294. The van der Waals surface area contributed by atoms with Gasteiger partial charge in [-0.15, -0.1) is 0 Å². The fourth-order valence-corrected chi connectivity index (χ4v) is 3.00. The minimum atomic E-state index is 0.0135. The summed E-state index contributed by atoms with van der Waals surface area (Å²) in [7, 11) is 0. The molecule has 3 rings (SSSR count). The van der Waals surface area contributed by atoms with Crippen molar-refractivity contribution >= 4 is 11.6 Å². The Morgan fingerprint density at radius 3 is 2.95 bits per heavy atom. The number of carbonyl (C=O) groups excluding carboxylic acids is 1. The molecule has 0 radical (unpaired) electrons. The minimum Gasteiger partial charge on any atom is -0.383 e. The van der Waals surface area contributed by atoms with E-state index in [4.69, 9.17) is 5.73 Å². The van der Waals surface area contributed by atoms with Crippen molar-refractivity contribution in [3.8, 4) is 0 Å². The number of rotatable bonds is 3. The molecule has 0 saturated heterocycles. The maximum absolute atomic E-state index is 12.6. The van der Waals surface area contributed by atoms with Crippen LogP contribution < -0.4 is 5.73 Å². The first-order chi connectivity index (χ1) is 9.75. The van der Waals surface area contributed by atoms with Crippen LogP contribution in [0.15, 0.2) is 42.6 Å². The van der Waals surface area contributed by atoms with Gasteiger partial charge in [-0.1, -0.05) is 30.3 Å². The van der Waals surface area contributed by atoms with E-state index in [1.807, 2.05) is 24.3 Å². The highest BCUT2D eigenvalue weighted by Gasteiger charge is 2.26. The summed E-state index contributed by atoms with van der Waals surface area (Å²) >= 11 is 0. The van der Waals surface area contributed by atoms with E-state index >= 15 is 0 Å². The molecule has 1 aliphatic rings. The van der Waals surface area contributed by atoms with Crippen LogP contribution in [0, 0.1) is 0 Å². The highest BCUT2D eigenvalue weighted by molar-refractivity contribution is 5.89. The van der Waals surface area contributed by atoms with Gasteiger partial charge in [0.1, 0.15) is 11.6 Å². The van der Waals surface area contributed by atoms with Crippen molar-refractivity contribution in [3.63, 3.8) is 0 Å². The molecule has 1 aromatic carbocycles. The minimum absolute atomic E-state index is 0.0135. The van der Waals surface area contributed by atoms with Crippen molar-refractivity contribution in [2.24, 2.45) is 0 Å². The molecule has 1 aromatic heterocycles. The lowest BCUT2D eigenvalue weighted by Crippen LogP contribution is -2.20. The number of Topliss-reactive ketones (excluding diaryl/α,β-unsaturated/α-hetero) is 1. The highest BCUT2D eigenvalue weighted by atomic mass is 16.1. The molecule has 3 heteroatoms. The first-order valence-corrected chi connectivity index (χ1v) is 7.05. The van der Waals surface area contributed by atoms with Crippen LogP contribution in [-0.4, -0.2) is 10.8 Å². The lowest BCUT2D eigenvalue weighted by Gasteiger charge is -2.24. The van der Waals surface area contributed by atoms with Gasteiger partial charge in [0, 0.05) is 24.1 Å². The standard InChI is InChI=1S/C17H18N2O/c18-17-13(7-4-10-19-17)11-16(20)15-9-3-6-12-5-1-2-8-14(12)15/h1-2,4-5,7-8,10,15H,3,6,9,11H2,(H2,18,19). The molecule has 1 aliphatic carbocycles. The first kappa shape index (κ1) is 12.9. The number of ketones is 1. The third-order valence-corrected chi connectivity index (χ3v) is 4.05. The molecule has 0 fully saturated rings. The van der Waals surface area contributed by atoms with Crippen molar-refractivity contribution in [2.45, 2.75) is 31.6 Å². The third-order valence-electron chi connectivity index (χ3n) is 4.05. The Labute approximate surface area is 118 Å². The molecular weight excluding hydrogens is 248 g/mol. The first-order valence-electron chi connectivity index (χ1n) is 7.05. The number of nitrogens with two attached hydrogens (primary N) is 1. The van der Waals surface area contributed by atoms with Gasteiger partial charge >= 0.3 is 0 Å². The fourth-order valence-electron chi connectivity index (χ4n) is 3.00. The molecule has 0 aliphatic heterocycles. The highest BCUT2D eigenvalue weighted by Crippen LogP contribution is 2.33. The number of hydrogen-bond acceptors (Lipinski definition) is 3. The predicted molar refractivity (Wildman–Crippen MR) is 79.5 cm³/mol. The van der Waals surface area contributed by atoms with E-state index in [1.165, 1.54) is 11.1 Å². The topological polar surface area (TPSA) is 56.0 Å². The Morgan fingerprint density at radius 1 is 1.25 bits per heavy atom. The molecule has 1 atom stereocenters. The van der Waals surface area contributed by atoms with Gasteiger partial charge in [-0.05, 0) is 36.5 Å². The van der Waals surface area contributed by atoms with Gasteiger partial charge in [0.15, 0.2) is 0 Å². The average molecular weight is 266 g/mol. The Morgan fingerprint density at radius 2 is 2.10 bits per heavy atom. The summed E-state index contributed by atoms with van der Waals surface area (Å²) in [5, 5.41) is 0. The smallest absolute Gasteiger partial charge is 0.144 e. The van der Waals surface area contributed by atoms with Gasteiger partial charge in [0.2, 0.25) is 0 Å². The summed E-state index contributed by atoms with van der Waals surface area (Å²) in [6, 6.07) is 12.0. The van der Waals surface area contributed by atoms with E-state index in [0.29, 0.717) is 12.2 Å². The number of hydrogen-bond donors (Lipinski definition) is 1. The Balaban J connectivity index is 1.84. The number of anilines is 1. The van der Waals surface area contributed by atoms with Crippen molar-refractivity contribution < 1.29 is 4.79 Å². The summed E-state index contributed by atoms with van der Waals surface area (Å²) in [5.74, 6) is 0.723. The number of pyridine rings is 1. The van der Waals surface area contributed by atoms with Crippen LogP contribution in [0.2, 0.25) is 0 Å². The molecule has 1 unspecified atom stereocenters. The average Bonchev–Trinajstić information content (AvgIpc) is 2.49. The van der Waals surface area contributed by atoms with E-state index in [-0.39, 0.29) is 11.7 Å². The number of carbonyl (C=O) groups is 1. The Hall–Kier alpha value is -2.16. The molecule has 0 bridgehead atoms. The zero-order chi connectivity index (χ0) is 13.9. The van der Waals surface area contributed by atoms with Crippen LogP contribution in [0.5, 0.6) is 0 Å². The lowest BCUT2D eigenvalue weighted by molar-refractivity contribution is -0.120. The van der Waals surface area contributed by atoms with Crippen LogP contribution in [-0.2, 0) is 17.6 Å². The molecule has 20 heavy (non-hydrogen) atoms. The predicted octanol–water partition coefficient (Wildman–Crippen LogP) is 2.90. The SMILES string of the molecule is Nc1ncccc1CC(=O)C1CCCc2ccccc21. The van der Waals surface area contributed by atoms with E-state index in [1.54, 1.807) is 6.20 Å². The number of aromatic nitrogens is 1. The van der Waals surface area contributed by atoms with E-state index < -0.39 is 0 Å². The van der Waals surface area contributed by atoms with Gasteiger partial charge in [0.25, 0.3) is 0 Å². The monoisotopic (exact) mass is 266 g/mol.